The van der Waals surface area contributed by atoms with Crippen LogP contribution in [0.15, 0.2) is 15.7 Å². The van der Waals surface area contributed by atoms with Gasteiger partial charge in [0.15, 0.2) is 0 Å². The van der Waals surface area contributed by atoms with E-state index in [1.807, 2.05) is 0 Å². The van der Waals surface area contributed by atoms with Crippen molar-refractivity contribution in [3.63, 3.8) is 0 Å². The molecule has 0 saturated heterocycles. The smallest absolute Gasteiger partial charge is 0.338 e. The molecule has 0 radical (unpaired) electrons. The molecule has 2 heterocycles. The standard InChI is InChI=1S/C9H13N3O3S2/c13-9(2-4-16)12-3-1-8-7(6-12)5-10-17(14,15)11-8/h5,11,16H,1-4,6H2. The molecule has 0 atom stereocenters. The largest absolute Gasteiger partial charge is 0.341 e. The third kappa shape index (κ3) is 2.81. The molecule has 1 N–H and O–H groups in total. The first-order valence-corrected chi connectivity index (χ1v) is 7.28. The van der Waals surface area contributed by atoms with Gasteiger partial charge in [0.05, 0.1) is 0 Å². The van der Waals surface area contributed by atoms with Gasteiger partial charge in [-0.2, -0.15) is 25.4 Å². The number of hydrogen-bond donors (Lipinski definition) is 2. The van der Waals surface area contributed by atoms with Gasteiger partial charge in [-0.15, -0.1) is 0 Å². The summed E-state index contributed by atoms with van der Waals surface area (Å²) < 4.78 is 28.2. The van der Waals surface area contributed by atoms with Gasteiger partial charge < -0.3 is 4.90 Å². The van der Waals surface area contributed by atoms with E-state index in [4.69, 9.17) is 0 Å². The summed E-state index contributed by atoms with van der Waals surface area (Å²) in [5, 5.41) is 0. The fourth-order valence-electron chi connectivity index (χ4n) is 1.80. The van der Waals surface area contributed by atoms with Gasteiger partial charge in [-0.3, -0.25) is 9.52 Å². The van der Waals surface area contributed by atoms with Gasteiger partial charge in [-0.1, -0.05) is 0 Å². The van der Waals surface area contributed by atoms with Gasteiger partial charge in [-0.05, 0) is 5.75 Å². The van der Waals surface area contributed by atoms with Gasteiger partial charge in [0.2, 0.25) is 5.91 Å². The molecule has 8 heteroatoms. The van der Waals surface area contributed by atoms with Crippen LogP contribution >= 0.6 is 12.6 Å². The number of nitrogens with one attached hydrogen (secondary N) is 1. The van der Waals surface area contributed by atoms with Crippen LogP contribution in [0.25, 0.3) is 0 Å². The molecule has 0 bridgehead atoms. The Morgan fingerprint density at radius 2 is 2.35 bits per heavy atom. The summed E-state index contributed by atoms with van der Waals surface area (Å²) >= 11 is 4.02. The third-order valence-electron chi connectivity index (χ3n) is 2.66. The second kappa shape index (κ2) is 4.69. The van der Waals surface area contributed by atoms with E-state index >= 15 is 0 Å². The molecular weight excluding hydrogens is 262 g/mol. The molecule has 6 nitrogen and oxygen atoms in total. The van der Waals surface area contributed by atoms with Crippen molar-refractivity contribution in [1.29, 1.82) is 0 Å². The number of hydrogen-bond acceptors (Lipinski definition) is 4. The van der Waals surface area contributed by atoms with Crippen LogP contribution in [-0.4, -0.2) is 44.3 Å². The lowest BCUT2D eigenvalue weighted by atomic mass is 10.1. The summed E-state index contributed by atoms with van der Waals surface area (Å²) in [5.41, 5.74) is 1.41. The van der Waals surface area contributed by atoms with E-state index in [0.29, 0.717) is 37.4 Å². The minimum atomic E-state index is -3.56. The Balaban J connectivity index is 2.10. The predicted octanol–water partition coefficient (Wildman–Crippen LogP) is -0.288. The molecule has 0 aromatic carbocycles. The summed E-state index contributed by atoms with van der Waals surface area (Å²) in [6, 6.07) is 0. The lowest BCUT2D eigenvalue weighted by Crippen LogP contribution is -2.41. The first-order chi connectivity index (χ1) is 8.02. The van der Waals surface area contributed by atoms with Crippen molar-refractivity contribution < 1.29 is 13.2 Å². The van der Waals surface area contributed by atoms with E-state index in [0.717, 1.165) is 5.57 Å². The third-order valence-corrected chi connectivity index (χ3v) is 3.77. The molecule has 0 aliphatic carbocycles. The highest BCUT2D eigenvalue weighted by Crippen LogP contribution is 2.19. The van der Waals surface area contributed by atoms with E-state index < -0.39 is 10.2 Å². The average Bonchev–Trinajstić information content (AvgIpc) is 2.27. The van der Waals surface area contributed by atoms with Crippen LogP contribution in [0, 0.1) is 0 Å². The van der Waals surface area contributed by atoms with Gasteiger partial charge in [0.25, 0.3) is 0 Å². The number of carbonyl (C=O) groups excluding carboxylic acids is 1. The molecule has 2 aliphatic rings. The second-order valence-corrected chi connectivity index (χ2v) is 5.67. The van der Waals surface area contributed by atoms with Crippen LogP contribution in [0.5, 0.6) is 0 Å². The number of carbonyl (C=O) groups is 1. The van der Waals surface area contributed by atoms with Crippen molar-refractivity contribution in [2.45, 2.75) is 12.8 Å². The van der Waals surface area contributed by atoms with Crippen LogP contribution in [0.2, 0.25) is 0 Å². The maximum atomic E-state index is 11.7. The minimum absolute atomic E-state index is 0.0355. The number of rotatable bonds is 2. The summed E-state index contributed by atoms with van der Waals surface area (Å²) in [6.07, 6.45) is 2.23. The van der Waals surface area contributed by atoms with E-state index in [2.05, 4.69) is 21.7 Å². The molecule has 1 amide bonds. The first-order valence-electron chi connectivity index (χ1n) is 5.20. The van der Waals surface area contributed by atoms with Crippen molar-refractivity contribution in [2.24, 2.45) is 4.40 Å². The van der Waals surface area contributed by atoms with Crippen LogP contribution in [0.4, 0.5) is 0 Å². The second-order valence-electron chi connectivity index (χ2n) is 3.85. The Bertz CT molecular complexity index is 496. The molecule has 2 rings (SSSR count). The Kier molecular flexibility index (Phi) is 3.43. The van der Waals surface area contributed by atoms with E-state index in [1.54, 1.807) is 4.90 Å². The van der Waals surface area contributed by atoms with Crippen molar-refractivity contribution in [3.05, 3.63) is 11.3 Å². The Hall–Kier alpha value is -1.02. The first kappa shape index (κ1) is 12.4. The zero-order chi connectivity index (χ0) is 12.5. The monoisotopic (exact) mass is 275 g/mol. The molecule has 0 fully saturated rings. The van der Waals surface area contributed by atoms with Crippen LogP contribution in [-0.2, 0) is 15.0 Å². The summed E-state index contributed by atoms with van der Waals surface area (Å²) in [6.45, 7) is 0.940. The molecule has 0 unspecified atom stereocenters. The van der Waals surface area contributed by atoms with E-state index in [9.17, 15) is 13.2 Å². The highest BCUT2D eigenvalue weighted by Gasteiger charge is 2.26. The fourth-order valence-corrected chi connectivity index (χ4v) is 2.86. The average molecular weight is 275 g/mol. The molecule has 0 spiro atoms. The highest BCUT2D eigenvalue weighted by atomic mass is 32.2. The lowest BCUT2D eigenvalue weighted by Gasteiger charge is -2.30. The van der Waals surface area contributed by atoms with Crippen molar-refractivity contribution in [3.8, 4) is 0 Å². The molecule has 0 saturated carbocycles. The van der Waals surface area contributed by atoms with Crippen molar-refractivity contribution in [2.75, 3.05) is 18.8 Å². The highest BCUT2D eigenvalue weighted by molar-refractivity contribution is 7.88. The van der Waals surface area contributed by atoms with Crippen molar-refractivity contribution >= 4 is 35.0 Å². The van der Waals surface area contributed by atoms with Crippen molar-refractivity contribution in [1.82, 2.24) is 9.62 Å². The van der Waals surface area contributed by atoms with Crippen LogP contribution in [0.1, 0.15) is 12.8 Å². The van der Waals surface area contributed by atoms with Gasteiger partial charge >= 0.3 is 10.2 Å². The van der Waals surface area contributed by atoms with Crippen LogP contribution < -0.4 is 4.72 Å². The maximum Gasteiger partial charge on any atom is 0.341 e. The quantitative estimate of drug-likeness (QED) is 0.680. The number of nitrogens with zero attached hydrogens (tertiary/aromatic N) is 2. The van der Waals surface area contributed by atoms with Crippen LogP contribution in [0.3, 0.4) is 0 Å². The van der Waals surface area contributed by atoms with Gasteiger partial charge in [0.1, 0.15) is 0 Å². The molecular formula is C9H13N3O3S2. The van der Waals surface area contributed by atoms with Gasteiger partial charge in [-0.25, -0.2) is 0 Å². The summed E-state index contributed by atoms with van der Waals surface area (Å²) in [4.78, 5) is 13.4. The molecule has 2 aliphatic heterocycles. The number of thiol groups is 1. The summed E-state index contributed by atoms with van der Waals surface area (Å²) in [7, 11) is -3.56. The normalized spacial score (nSPS) is 22.1. The van der Waals surface area contributed by atoms with E-state index in [-0.39, 0.29) is 5.91 Å². The Labute approximate surface area is 105 Å². The minimum Gasteiger partial charge on any atom is -0.338 e. The molecule has 94 valence electrons. The molecule has 17 heavy (non-hydrogen) atoms. The SMILES string of the molecule is O=C(CCS)N1CCC2=C(C=NS(=O)(=O)N2)C1. The lowest BCUT2D eigenvalue weighted by molar-refractivity contribution is -0.130. The molecule has 0 aromatic heterocycles. The zero-order valence-corrected chi connectivity index (χ0v) is 10.8. The van der Waals surface area contributed by atoms with E-state index in [1.165, 1.54) is 6.21 Å². The summed E-state index contributed by atoms with van der Waals surface area (Å²) in [5.74, 6) is 0.551. The predicted molar refractivity (Wildman–Crippen MR) is 67.2 cm³/mol. The maximum absolute atomic E-state index is 11.7. The Morgan fingerprint density at radius 1 is 1.59 bits per heavy atom. The Morgan fingerprint density at radius 3 is 3.06 bits per heavy atom. The fraction of sp³-hybridized carbons (Fsp3) is 0.556. The van der Waals surface area contributed by atoms with Gasteiger partial charge in [0, 0.05) is 43.4 Å². The molecule has 0 aromatic rings. The topological polar surface area (TPSA) is 78.8 Å². The zero-order valence-electron chi connectivity index (χ0n) is 9.09. The number of amides is 1.